The predicted molar refractivity (Wildman–Crippen MR) is 116 cm³/mol. The molecular formula is C25H26N2O4. The van der Waals surface area contributed by atoms with Crippen LogP contribution >= 0.6 is 0 Å². The summed E-state index contributed by atoms with van der Waals surface area (Å²) in [5, 5.41) is 9.90. The Morgan fingerprint density at radius 1 is 1.16 bits per heavy atom. The van der Waals surface area contributed by atoms with Gasteiger partial charge in [-0.2, -0.15) is 0 Å². The second-order valence-electron chi connectivity index (χ2n) is 7.94. The van der Waals surface area contributed by atoms with Crippen molar-refractivity contribution in [2.45, 2.75) is 24.4 Å². The first kappa shape index (κ1) is 21.1. The van der Waals surface area contributed by atoms with E-state index >= 15 is 0 Å². The minimum Gasteiger partial charge on any atom is -0.394 e. The molecule has 0 radical (unpaired) electrons. The minimum absolute atomic E-state index is 0.0153. The topological polar surface area (TPSA) is 70.1 Å². The third kappa shape index (κ3) is 4.34. The smallest absolute Gasteiger partial charge is 0.249 e. The summed E-state index contributed by atoms with van der Waals surface area (Å²) in [5.74, 6) is 6.06. The Kier molecular flexibility index (Phi) is 6.36. The number of hydrogen-bond acceptors (Lipinski definition) is 4. The number of aliphatic hydroxyl groups is 1. The van der Waals surface area contributed by atoms with Crippen LogP contribution < -0.4 is 0 Å². The Morgan fingerprint density at radius 2 is 1.90 bits per heavy atom. The van der Waals surface area contributed by atoms with Crippen molar-refractivity contribution in [2.24, 2.45) is 0 Å². The first-order valence-corrected chi connectivity index (χ1v) is 10.4. The number of carbonyl (C=O) groups is 2. The van der Waals surface area contributed by atoms with Crippen molar-refractivity contribution in [3.8, 4) is 11.8 Å². The van der Waals surface area contributed by atoms with E-state index in [1.165, 1.54) is 12.7 Å². The Bertz CT molecular complexity index is 994. The van der Waals surface area contributed by atoms with Gasteiger partial charge in [0, 0.05) is 31.6 Å². The molecule has 4 rings (SSSR count). The van der Waals surface area contributed by atoms with Gasteiger partial charge in [0.05, 0.1) is 25.2 Å². The summed E-state index contributed by atoms with van der Waals surface area (Å²) in [5.41, 5.74) is 3.15. The summed E-state index contributed by atoms with van der Waals surface area (Å²) in [6.45, 7) is 0.355. The van der Waals surface area contributed by atoms with Crippen LogP contribution in [-0.2, 0) is 20.7 Å². The zero-order valence-corrected chi connectivity index (χ0v) is 17.5. The molecule has 31 heavy (non-hydrogen) atoms. The fourth-order valence-electron chi connectivity index (χ4n) is 4.54. The van der Waals surface area contributed by atoms with Gasteiger partial charge in [-0.05, 0) is 23.3 Å². The summed E-state index contributed by atoms with van der Waals surface area (Å²) in [6.07, 6.45) is 0.697. The normalized spacial score (nSPS) is 22.3. The Morgan fingerprint density at radius 3 is 2.58 bits per heavy atom. The first-order valence-electron chi connectivity index (χ1n) is 10.4. The van der Waals surface area contributed by atoms with Crippen molar-refractivity contribution in [3.05, 3.63) is 71.3 Å². The summed E-state index contributed by atoms with van der Waals surface area (Å²) < 4.78 is 4.93. The van der Waals surface area contributed by atoms with Gasteiger partial charge in [0.25, 0.3) is 0 Å². The van der Waals surface area contributed by atoms with E-state index in [1.54, 1.807) is 9.80 Å². The molecule has 2 fully saturated rings. The molecule has 2 aromatic carbocycles. The highest BCUT2D eigenvalue weighted by Gasteiger charge is 2.54. The van der Waals surface area contributed by atoms with Gasteiger partial charge in [-0.15, -0.1) is 0 Å². The van der Waals surface area contributed by atoms with Gasteiger partial charge in [0.1, 0.15) is 6.61 Å². The molecule has 2 amide bonds. The standard InChI is InChI=1S/C25H26N2O4/c1-31-17-24(30)26-14-21-25(22(16-28)27(21)23(29)15-26)20-12-10-19(11-13-20)9-5-8-18-6-3-2-4-7-18/h2-4,6-7,10-13,21-22,25,28H,8,14-17H2,1H3/t21-,22-,25+/m0/s1. The Labute approximate surface area is 182 Å². The van der Waals surface area contributed by atoms with Crippen LogP contribution in [0.2, 0.25) is 0 Å². The van der Waals surface area contributed by atoms with Crippen LogP contribution in [0, 0.1) is 11.8 Å². The van der Waals surface area contributed by atoms with Crippen molar-refractivity contribution in [2.75, 3.05) is 33.4 Å². The average Bonchev–Trinajstić information content (AvgIpc) is 2.77. The van der Waals surface area contributed by atoms with E-state index in [0.717, 1.165) is 11.1 Å². The second kappa shape index (κ2) is 9.34. The van der Waals surface area contributed by atoms with Gasteiger partial charge >= 0.3 is 0 Å². The maximum Gasteiger partial charge on any atom is 0.249 e. The van der Waals surface area contributed by atoms with Crippen LogP contribution in [-0.4, -0.2) is 72.2 Å². The Hall–Kier alpha value is -3.14. The second-order valence-corrected chi connectivity index (χ2v) is 7.94. The van der Waals surface area contributed by atoms with Crippen LogP contribution in [0.15, 0.2) is 54.6 Å². The van der Waals surface area contributed by atoms with Crippen LogP contribution in [0.4, 0.5) is 0 Å². The number of rotatable bonds is 5. The molecule has 2 aliphatic rings. The monoisotopic (exact) mass is 418 g/mol. The van der Waals surface area contributed by atoms with Crippen LogP contribution in [0.25, 0.3) is 0 Å². The number of methoxy groups -OCH3 is 1. The number of piperazine rings is 1. The highest BCUT2D eigenvalue weighted by atomic mass is 16.5. The number of nitrogens with zero attached hydrogens (tertiary/aromatic N) is 2. The highest BCUT2D eigenvalue weighted by Crippen LogP contribution is 2.42. The first-order chi connectivity index (χ1) is 15.1. The third-order valence-electron chi connectivity index (χ3n) is 6.04. The summed E-state index contributed by atoms with van der Waals surface area (Å²) in [4.78, 5) is 28.1. The van der Waals surface area contributed by atoms with Crippen molar-refractivity contribution in [1.82, 2.24) is 9.80 Å². The van der Waals surface area contributed by atoms with E-state index in [2.05, 4.69) is 24.0 Å². The number of hydrogen-bond donors (Lipinski definition) is 1. The largest absolute Gasteiger partial charge is 0.394 e. The molecule has 0 bridgehead atoms. The lowest BCUT2D eigenvalue weighted by molar-refractivity contribution is -0.168. The number of fused-ring (bicyclic) bond motifs is 1. The molecule has 0 aliphatic carbocycles. The SMILES string of the molecule is COCC(=O)N1CC(=O)N2[C@@H](CO)[C@H](c3ccc(C#CCc4ccccc4)cc3)[C@@H]2C1. The molecular weight excluding hydrogens is 392 g/mol. The van der Waals surface area contributed by atoms with Crippen molar-refractivity contribution < 1.29 is 19.4 Å². The molecule has 6 heteroatoms. The van der Waals surface area contributed by atoms with E-state index in [1.807, 2.05) is 42.5 Å². The number of carbonyl (C=O) groups excluding carboxylic acids is 2. The molecule has 2 aliphatic heterocycles. The molecule has 0 saturated carbocycles. The molecule has 0 aromatic heterocycles. The number of amides is 2. The van der Waals surface area contributed by atoms with Crippen molar-refractivity contribution in [1.29, 1.82) is 0 Å². The van der Waals surface area contributed by atoms with E-state index in [0.29, 0.717) is 13.0 Å². The van der Waals surface area contributed by atoms with E-state index < -0.39 is 0 Å². The van der Waals surface area contributed by atoms with E-state index in [4.69, 9.17) is 4.74 Å². The molecule has 1 N–H and O–H groups in total. The maximum atomic E-state index is 12.6. The minimum atomic E-state index is -0.257. The number of aliphatic hydroxyl groups excluding tert-OH is 1. The fraction of sp³-hybridized carbons (Fsp3) is 0.360. The maximum absolute atomic E-state index is 12.6. The lowest BCUT2D eigenvalue weighted by Crippen LogP contribution is -2.73. The molecule has 3 atom stereocenters. The fourth-order valence-corrected chi connectivity index (χ4v) is 4.54. The molecule has 6 nitrogen and oxygen atoms in total. The quantitative estimate of drug-likeness (QED) is 0.746. The summed E-state index contributed by atoms with van der Waals surface area (Å²) in [6, 6.07) is 17.7. The molecule has 0 spiro atoms. The van der Waals surface area contributed by atoms with E-state index in [9.17, 15) is 14.7 Å². The number of ether oxygens (including phenoxy) is 1. The molecule has 0 unspecified atom stereocenters. The van der Waals surface area contributed by atoms with Crippen LogP contribution in [0.1, 0.15) is 22.6 Å². The molecule has 2 heterocycles. The molecule has 2 saturated heterocycles. The van der Waals surface area contributed by atoms with Gasteiger partial charge in [-0.3, -0.25) is 9.59 Å². The number of benzene rings is 2. The van der Waals surface area contributed by atoms with Crippen LogP contribution in [0.3, 0.4) is 0 Å². The van der Waals surface area contributed by atoms with Gasteiger partial charge in [0.2, 0.25) is 11.8 Å². The predicted octanol–water partition coefficient (Wildman–Crippen LogP) is 1.42. The lowest BCUT2D eigenvalue weighted by Gasteiger charge is -2.58. The van der Waals surface area contributed by atoms with Gasteiger partial charge in [-0.25, -0.2) is 0 Å². The summed E-state index contributed by atoms with van der Waals surface area (Å²) >= 11 is 0. The van der Waals surface area contributed by atoms with Crippen molar-refractivity contribution in [3.63, 3.8) is 0 Å². The zero-order valence-electron chi connectivity index (χ0n) is 17.5. The van der Waals surface area contributed by atoms with Gasteiger partial charge < -0.3 is 19.6 Å². The van der Waals surface area contributed by atoms with E-state index in [-0.39, 0.29) is 49.6 Å². The Balaban J connectivity index is 1.46. The van der Waals surface area contributed by atoms with Gasteiger partial charge in [-0.1, -0.05) is 54.3 Å². The van der Waals surface area contributed by atoms with Gasteiger partial charge in [0.15, 0.2) is 0 Å². The highest BCUT2D eigenvalue weighted by molar-refractivity contribution is 5.88. The molecule has 160 valence electrons. The summed E-state index contributed by atoms with van der Waals surface area (Å²) in [7, 11) is 1.47. The lowest BCUT2D eigenvalue weighted by atomic mass is 9.73. The third-order valence-corrected chi connectivity index (χ3v) is 6.04. The van der Waals surface area contributed by atoms with Crippen molar-refractivity contribution >= 4 is 11.8 Å². The molecule has 2 aromatic rings. The van der Waals surface area contributed by atoms with Crippen LogP contribution in [0.5, 0.6) is 0 Å². The zero-order chi connectivity index (χ0) is 21.8. The average molecular weight is 418 g/mol.